The van der Waals surface area contributed by atoms with Gasteiger partial charge in [-0.25, -0.2) is 0 Å². The predicted molar refractivity (Wildman–Crippen MR) is 79.2 cm³/mol. The third kappa shape index (κ3) is 5.11. The molecule has 5 nitrogen and oxygen atoms in total. The smallest absolute Gasteiger partial charge is 0.251 e. The second-order valence-corrected chi connectivity index (χ2v) is 4.82. The summed E-state index contributed by atoms with van der Waals surface area (Å²) in [7, 11) is 0. The van der Waals surface area contributed by atoms with E-state index in [0.29, 0.717) is 25.1 Å². The van der Waals surface area contributed by atoms with E-state index >= 15 is 0 Å². The number of carbonyl (C=O) groups excluding carboxylic acids is 2. The Kier molecular flexibility index (Phi) is 6.90. The van der Waals surface area contributed by atoms with Gasteiger partial charge in [0, 0.05) is 12.1 Å². The van der Waals surface area contributed by atoms with E-state index in [1.54, 1.807) is 12.1 Å². The van der Waals surface area contributed by atoms with Gasteiger partial charge in [0.2, 0.25) is 0 Å². The van der Waals surface area contributed by atoms with Crippen LogP contribution in [0.4, 0.5) is 0 Å². The number of unbranched alkanes of at least 4 members (excludes halogenated alkanes) is 1. The van der Waals surface area contributed by atoms with E-state index in [1.807, 2.05) is 12.1 Å². The molecule has 1 amide bonds. The normalized spacial score (nSPS) is 11.9. The zero-order valence-electron chi connectivity index (χ0n) is 11.9. The van der Waals surface area contributed by atoms with Crippen LogP contribution in [0.25, 0.3) is 0 Å². The molecule has 0 spiro atoms. The van der Waals surface area contributed by atoms with Crippen LogP contribution in [-0.2, 0) is 11.3 Å². The zero-order chi connectivity index (χ0) is 15.0. The van der Waals surface area contributed by atoms with Gasteiger partial charge in [-0.05, 0) is 50.4 Å². The average molecular weight is 277 g/mol. The van der Waals surface area contributed by atoms with Gasteiger partial charge in [0.05, 0.1) is 6.04 Å². The Morgan fingerprint density at radius 1 is 1.15 bits per heavy atom. The number of benzene rings is 1. The lowest BCUT2D eigenvalue weighted by Gasteiger charge is -2.15. The van der Waals surface area contributed by atoms with Crippen LogP contribution in [0.15, 0.2) is 24.3 Å². The van der Waals surface area contributed by atoms with Gasteiger partial charge in [0.1, 0.15) is 0 Å². The molecule has 0 fully saturated rings. The van der Waals surface area contributed by atoms with Crippen molar-refractivity contribution in [1.29, 1.82) is 0 Å². The van der Waals surface area contributed by atoms with Crippen LogP contribution in [0.1, 0.15) is 42.1 Å². The first-order valence-electron chi connectivity index (χ1n) is 6.89. The van der Waals surface area contributed by atoms with Crippen molar-refractivity contribution in [2.24, 2.45) is 11.5 Å². The molecule has 1 aromatic carbocycles. The molecule has 0 bridgehead atoms. The molecular formula is C15H23N3O2. The summed E-state index contributed by atoms with van der Waals surface area (Å²) < 4.78 is 0. The van der Waals surface area contributed by atoms with E-state index in [4.69, 9.17) is 11.5 Å². The third-order valence-corrected chi connectivity index (χ3v) is 3.19. The summed E-state index contributed by atoms with van der Waals surface area (Å²) in [5, 5.41) is 2.77. The Labute approximate surface area is 119 Å². The molecule has 1 rings (SSSR count). The first-order valence-corrected chi connectivity index (χ1v) is 6.89. The highest BCUT2D eigenvalue weighted by Crippen LogP contribution is 2.06. The molecule has 110 valence electrons. The number of hydrogen-bond acceptors (Lipinski definition) is 4. The van der Waals surface area contributed by atoms with Gasteiger partial charge < -0.3 is 16.8 Å². The van der Waals surface area contributed by atoms with Crippen LogP contribution >= 0.6 is 0 Å². The van der Waals surface area contributed by atoms with Gasteiger partial charge in [0.15, 0.2) is 5.78 Å². The molecule has 1 atom stereocenters. The minimum atomic E-state index is -0.441. The van der Waals surface area contributed by atoms with Crippen molar-refractivity contribution >= 4 is 11.7 Å². The van der Waals surface area contributed by atoms with Crippen molar-refractivity contribution in [1.82, 2.24) is 5.32 Å². The van der Waals surface area contributed by atoms with Crippen LogP contribution in [0.3, 0.4) is 0 Å². The van der Waals surface area contributed by atoms with Crippen molar-refractivity contribution in [3.8, 4) is 0 Å². The second-order valence-electron chi connectivity index (χ2n) is 4.82. The van der Waals surface area contributed by atoms with Gasteiger partial charge >= 0.3 is 0 Å². The Hall–Kier alpha value is -1.72. The topological polar surface area (TPSA) is 98.2 Å². The van der Waals surface area contributed by atoms with E-state index in [2.05, 4.69) is 5.32 Å². The summed E-state index contributed by atoms with van der Waals surface area (Å²) >= 11 is 0. The Morgan fingerprint density at radius 3 is 2.30 bits per heavy atom. The van der Waals surface area contributed by atoms with Crippen LogP contribution in [0.2, 0.25) is 0 Å². The van der Waals surface area contributed by atoms with Gasteiger partial charge in [-0.3, -0.25) is 9.59 Å². The van der Waals surface area contributed by atoms with Gasteiger partial charge in [0.25, 0.3) is 5.91 Å². The predicted octanol–water partition coefficient (Wildman–Crippen LogP) is 0.962. The first kappa shape index (κ1) is 16.3. The van der Waals surface area contributed by atoms with Crippen LogP contribution in [0, 0.1) is 0 Å². The van der Waals surface area contributed by atoms with Crippen molar-refractivity contribution < 1.29 is 9.59 Å². The van der Waals surface area contributed by atoms with E-state index in [9.17, 15) is 9.59 Å². The van der Waals surface area contributed by atoms with Crippen LogP contribution in [-0.4, -0.2) is 24.3 Å². The molecule has 1 aromatic rings. The molecular weight excluding hydrogens is 254 g/mol. The summed E-state index contributed by atoms with van der Waals surface area (Å²) in [5.41, 5.74) is 12.4. The third-order valence-electron chi connectivity index (χ3n) is 3.19. The first-order chi connectivity index (χ1) is 9.58. The minimum absolute atomic E-state index is 0.0334. The zero-order valence-corrected chi connectivity index (χ0v) is 11.9. The molecule has 0 aliphatic carbocycles. The molecule has 20 heavy (non-hydrogen) atoms. The molecule has 1 unspecified atom stereocenters. The molecule has 0 heterocycles. The summed E-state index contributed by atoms with van der Waals surface area (Å²) in [6.45, 7) is 2.53. The van der Waals surface area contributed by atoms with Crippen molar-refractivity contribution in [2.45, 2.75) is 38.8 Å². The van der Waals surface area contributed by atoms with E-state index < -0.39 is 6.04 Å². The number of amides is 1. The molecule has 0 radical (unpaired) electrons. The highest BCUT2D eigenvalue weighted by atomic mass is 16.2. The largest absolute Gasteiger partial charge is 0.342 e. The maximum atomic E-state index is 12.1. The molecule has 0 aliphatic heterocycles. The summed E-state index contributed by atoms with van der Waals surface area (Å²) in [6, 6.07) is 6.62. The number of hydrogen-bond donors (Lipinski definition) is 3. The lowest BCUT2D eigenvalue weighted by Crippen LogP contribution is -2.39. The van der Waals surface area contributed by atoms with Crippen molar-refractivity contribution in [3.05, 3.63) is 35.4 Å². The fourth-order valence-corrected chi connectivity index (χ4v) is 1.90. The van der Waals surface area contributed by atoms with Gasteiger partial charge in [-0.15, -0.1) is 0 Å². The fourth-order valence-electron chi connectivity index (χ4n) is 1.90. The van der Waals surface area contributed by atoms with Crippen molar-refractivity contribution in [3.63, 3.8) is 0 Å². The van der Waals surface area contributed by atoms with E-state index in [0.717, 1.165) is 18.4 Å². The number of nitrogens with two attached hydrogens (primary N) is 2. The molecule has 0 aliphatic rings. The maximum Gasteiger partial charge on any atom is 0.251 e. The van der Waals surface area contributed by atoms with Crippen LogP contribution in [0.5, 0.6) is 0 Å². The summed E-state index contributed by atoms with van der Waals surface area (Å²) in [5.74, 6) is -0.268. The van der Waals surface area contributed by atoms with Gasteiger partial charge in [-0.2, -0.15) is 0 Å². The monoisotopic (exact) mass is 277 g/mol. The van der Waals surface area contributed by atoms with Crippen molar-refractivity contribution in [2.75, 3.05) is 6.54 Å². The minimum Gasteiger partial charge on any atom is -0.342 e. The van der Waals surface area contributed by atoms with Crippen LogP contribution < -0.4 is 16.8 Å². The quantitative estimate of drug-likeness (QED) is 0.616. The molecule has 5 heteroatoms. The number of nitrogens with one attached hydrogen (secondary N) is 1. The summed E-state index contributed by atoms with van der Waals surface area (Å²) in [6.07, 6.45) is 2.30. The number of carbonyl (C=O) groups is 2. The lowest BCUT2D eigenvalue weighted by atomic mass is 10.0. The second kappa shape index (κ2) is 8.45. The molecule has 0 saturated carbocycles. The Bertz CT molecular complexity index is 443. The summed E-state index contributed by atoms with van der Waals surface area (Å²) in [4.78, 5) is 23.6. The SMILES string of the molecule is CC(=O)C(CCCCN)NC(=O)c1ccc(CN)cc1. The molecule has 0 saturated heterocycles. The number of ketones is 1. The highest BCUT2D eigenvalue weighted by Gasteiger charge is 2.17. The number of rotatable bonds is 8. The Morgan fingerprint density at radius 2 is 1.80 bits per heavy atom. The van der Waals surface area contributed by atoms with Gasteiger partial charge in [-0.1, -0.05) is 12.1 Å². The fraction of sp³-hybridized carbons (Fsp3) is 0.467. The number of Topliss-reactive ketones (excluding diaryl/α,β-unsaturated/α-hetero) is 1. The van der Waals surface area contributed by atoms with E-state index in [1.165, 1.54) is 6.92 Å². The average Bonchev–Trinajstić information content (AvgIpc) is 2.46. The standard InChI is InChI=1S/C15H23N3O2/c1-11(19)14(4-2-3-9-16)18-15(20)13-7-5-12(10-17)6-8-13/h5-8,14H,2-4,9-10,16-17H2,1H3,(H,18,20). The highest BCUT2D eigenvalue weighted by molar-refractivity contribution is 5.97. The maximum absolute atomic E-state index is 12.1. The van der Waals surface area contributed by atoms with E-state index in [-0.39, 0.29) is 11.7 Å². The molecule has 5 N–H and O–H groups in total. The lowest BCUT2D eigenvalue weighted by molar-refractivity contribution is -0.119. The molecule has 0 aromatic heterocycles. The Balaban J connectivity index is 2.62.